The SMILES string of the molecule is CCC(=O)N[C@H]1CC(n2cnc3c(NCc4cccc5ccccc45)nc(NCCc4cnc[nH]4)nc32)[C@H](O)[C@@H]1O. The molecule has 0 spiro atoms. The standard InChI is InChI=1S/C29H33N9O3/c1-2-23(39)35-21-12-22(26(41)25(21)40)38-16-34-24-27(32-13-18-8-5-7-17-6-3-4-9-20(17)18)36-29(37-28(24)38)31-11-10-19-14-30-15-33-19/h3-9,14-16,21-22,25-26,40-41H,2,10-13H2,1H3,(H,30,33)(H,35,39)(H2,31,32,36,37)/t21-,22?,25+,26-/m0/s1. The number of anilines is 2. The molecule has 12 heteroatoms. The van der Waals surface area contributed by atoms with Crippen molar-refractivity contribution in [1.82, 2.24) is 34.8 Å². The molecule has 3 aromatic heterocycles. The number of aliphatic hydroxyl groups excluding tert-OH is 2. The van der Waals surface area contributed by atoms with Crippen molar-refractivity contribution in [3.05, 3.63) is 72.6 Å². The number of carbonyl (C=O) groups is 1. The van der Waals surface area contributed by atoms with Crippen LogP contribution in [0, 0.1) is 0 Å². The number of imidazole rings is 2. The number of rotatable bonds is 10. The molecule has 41 heavy (non-hydrogen) atoms. The van der Waals surface area contributed by atoms with Crippen LogP contribution in [0.4, 0.5) is 11.8 Å². The highest BCUT2D eigenvalue weighted by Crippen LogP contribution is 2.34. The number of nitrogens with zero attached hydrogens (tertiary/aromatic N) is 5. The molecular weight excluding hydrogens is 522 g/mol. The Balaban J connectivity index is 1.31. The summed E-state index contributed by atoms with van der Waals surface area (Å²) in [6.07, 6.45) is 4.16. The summed E-state index contributed by atoms with van der Waals surface area (Å²) in [5.41, 5.74) is 3.17. The molecule has 1 amide bonds. The van der Waals surface area contributed by atoms with E-state index >= 15 is 0 Å². The van der Waals surface area contributed by atoms with Gasteiger partial charge in [-0.25, -0.2) is 9.97 Å². The monoisotopic (exact) mass is 555 g/mol. The molecule has 1 unspecified atom stereocenters. The Labute approximate surface area is 236 Å². The van der Waals surface area contributed by atoms with Crippen molar-refractivity contribution < 1.29 is 15.0 Å². The molecule has 0 radical (unpaired) electrons. The van der Waals surface area contributed by atoms with Gasteiger partial charge in [0.05, 0.1) is 24.7 Å². The van der Waals surface area contributed by atoms with Crippen molar-refractivity contribution in [3.63, 3.8) is 0 Å². The fourth-order valence-corrected chi connectivity index (χ4v) is 5.45. The quantitative estimate of drug-likeness (QED) is 0.152. The highest BCUT2D eigenvalue weighted by atomic mass is 16.3. The summed E-state index contributed by atoms with van der Waals surface area (Å²) >= 11 is 0. The summed E-state index contributed by atoms with van der Waals surface area (Å²) in [4.78, 5) is 33.3. The van der Waals surface area contributed by atoms with E-state index in [4.69, 9.17) is 9.97 Å². The highest BCUT2D eigenvalue weighted by Gasteiger charge is 2.43. The van der Waals surface area contributed by atoms with Gasteiger partial charge in [-0.05, 0) is 22.8 Å². The smallest absolute Gasteiger partial charge is 0.226 e. The number of hydrogen-bond donors (Lipinski definition) is 6. The molecular formula is C29H33N9O3. The number of aromatic amines is 1. The van der Waals surface area contributed by atoms with E-state index < -0.39 is 24.3 Å². The number of H-pyrrole nitrogens is 1. The first-order valence-electron chi connectivity index (χ1n) is 13.8. The third kappa shape index (κ3) is 5.43. The summed E-state index contributed by atoms with van der Waals surface area (Å²) in [6, 6.07) is 13.3. The Bertz CT molecular complexity index is 1650. The molecule has 4 atom stereocenters. The lowest BCUT2D eigenvalue weighted by Gasteiger charge is -2.19. The van der Waals surface area contributed by atoms with Crippen LogP contribution in [0.5, 0.6) is 0 Å². The van der Waals surface area contributed by atoms with Crippen molar-refractivity contribution in [2.45, 2.75) is 57.0 Å². The number of benzene rings is 2. The summed E-state index contributed by atoms with van der Waals surface area (Å²) in [7, 11) is 0. The number of carbonyl (C=O) groups excluding carboxylic acids is 1. The van der Waals surface area contributed by atoms with E-state index in [-0.39, 0.29) is 5.91 Å². The molecule has 1 fully saturated rings. The molecule has 1 aliphatic rings. The van der Waals surface area contributed by atoms with Crippen LogP contribution in [0.15, 0.2) is 61.3 Å². The van der Waals surface area contributed by atoms with Gasteiger partial charge in [0, 0.05) is 37.8 Å². The van der Waals surface area contributed by atoms with Crippen molar-refractivity contribution in [2.24, 2.45) is 0 Å². The van der Waals surface area contributed by atoms with Crippen LogP contribution in [0.1, 0.15) is 37.1 Å². The summed E-state index contributed by atoms with van der Waals surface area (Å²) < 4.78 is 1.77. The van der Waals surface area contributed by atoms with Crippen molar-refractivity contribution in [3.8, 4) is 0 Å². The van der Waals surface area contributed by atoms with E-state index in [1.165, 1.54) is 0 Å². The van der Waals surface area contributed by atoms with E-state index in [2.05, 4.69) is 55.2 Å². The number of fused-ring (bicyclic) bond motifs is 2. The van der Waals surface area contributed by atoms with Crippen LogP contribution in [0.2, 0.25) is 0 Å². The van der Waals surface area contributed by atoms with Crippen LogP contribution in [-0.2, 0) is 17.8 Å². The zero-order valence-corrected chi connectivity index (χ0v) is 22.7. The average molecular weight is 556 g/mol. The van der Waals surface area contributed by atoms with Gasteiger partial charge in [-0.3, -0.25) is 4.79 Å². The van der Waals surface area contributed by atoms with Gasteiger partial charge in [-0.1, -0.05) is 49.4 Å². The second-order valence-electron chi connectivity index (χ2n) is 10.3. The predicted octanol–water partition coefficient (Wildman–Crippen LogP) is 2.53. The minimum Gasteiger partial charge on any atom is -0.388 e. The van der Waals surface area contributed by atoms with Crippen LogP contribution in [0.25, 0.3) is 21.9 Å². The molecule has 1 aliphatic carbocycles. The lowest BCUT2D eigenvalue weighted by atomic mass is 10.0. The maximum atomic E-state index is 12.0. The van der Waals surface area contributed by atoms with Gasteiger partial charge in [0.15, 0.2) is 17.0 Å². The lowest BCUT2D eigenvalue weighted by Crippen LogP contribution is -2.42. The third-order valence-electron chi connectivity index (χ3n) is 7.66. The van der Waals surface area contributed by atoms with E-state index in [0.717, 1.165) is 22.0 Å². The van der Waals surface area contributed by atoms with Crippen molar-refractivity contribution >= 4 is 39.6 Å². The Morgan fingerprint density at radius 2 is 1.95 bits per heavy atom. The van der Waals surface area contributed by atoms with Crippen LogP contribution < -0.4 is 16.0 Å². The van der Waals surface area contributed by atoms with Crippen molar-refractivity contribution in [2.75, 3.05) is 17.2 Å². The number of amides is 1. The summed E-state index contributed by atoms with van der Waals surface area (Å²) in [5.74, 6) is 0.779. The first kappa shape index (κ1) is 26.7. The molecule has 3 heterocycles. The van der Waals surface area contributed by atoms with Gasteiger partial charge < -0.3 is 35.7 Å². The minimum atomic E-state index is -1.11. The van der Waals surface area contributed by atoms with Crippen LogP contribution >= 0.6 is 0 Å². The van der Waals surface area contributed by atoms with Gasteiger partial charge in [0.25, 0.3) is 0 Å². The second kappa shape index (κ2) is 11.5. The third-order valence-corrected chi connectivity index (χ3v) is 7.66. The molecule has 0 aliphatic heterocycles. The Hall–Kier alpha value is -4.55. The maximum Gasteiger partial charge on any atom is 0.226 e. The first-order valence-corrected chi connectivity index (χ1v) is 13.8. The summed E-state index contributed by atoms with van der Waals surface area (Å²) in [6.45, 7) is 2.84. The van der Waals surface area contributed by atoms with Gasteiger partial charge in [-0.2, -0.15) is 9.97 Å². The van der Waals surface area contributed by atoms with Crippen LogP contribution in [0.3, 0.4) is 0 Å². The van der Waals surface area contributed by atoms with Gasteiger partial charge in [-0.15, -0.1) is 0 Å². The van der Waals surface area contributed by atoms with E-state index in [0.29, 0.717) is 55.3 Å². The molecule has 2 aromatic carbocycles. The van der Waals surface area contributed by atoms with Crippen molar-refractivity contribution in [1.29, 1.82) is 0 Å². The molecule has 1 saturated carbocycles. The predicted molar refractivity (Wildman–Crippen MR) is 155 cm³/mol. The largest absolute Gasteiger partial charge is 0.388 e. The molecule has 212 valence electrons. The highest BCUT2D eigenvalue weighted by molar-refractivity contribution is 5.87. The van der Waals surface area contributed by atoms with Gasteiger partial charge in [0.1, 0.15) is 12.2 Å². The minimum absolute atomic E-state index is 0.177. The zero-order valence-electron chi connectivity index (χ0n) is 22.7. The van der Waals surface area contributed by atoms with E-state index in [1.807, 2.05) is 18.2 Å². The molecule has 12 nitrogen and oxygen atoms in total. The zero-order chi connectivity index (χ0) is 28.3. The van der Waals surface area contributed by atoms with E-state index in [9.17, 15) is 15.0 Å². The van der Waals surface area contributed by atoms with Gasteiger partial charge >= 0.3 is 0 Å². The fraction of sp³-hybridized carbons (Fsp3) is 0.345. The Kier molecular flexibility index (Phi) is 7.49. The summed E-state index contributed by atoms with van der Waals surface area (Å²) in [5, 5.41) is 33.5. The normalized spacial score (nSPS) is 20.5. The number of nitrogens with one attached hydrogen (secondary N) is 4. The number of hydrogen-bond acceptors (Lipinski definition) is 9. The topological polar surface area (TPSA) is 166 Å². The fourth-order valence-electron chi connectivity index (χ4n) is 5.45. The molecule has 0 saturated heterocycles. The number of aliphatic hydroxyl groups is 2. The maximum absolute atomic E-state index is 12.0. The molecule has 6 rings (SSSR count). The van der Waals surface area contributed by atoms with E-state index in [1.54, 1.807) is 30.3 Å². The molecule has 5 aromatic rings. The first-order chi connectivity index (χ1) is 20.0. The Morgan fingerprint density at radius 1 is 1.10 bits per heavy atom. The van der Waals surface area contributed by atoms with Gasteiger partial charge in [0.2, 0.25) is 11.9 Å². The molecule has 6 N–H and O–H groups in total. The number of aromatic nitrogens is 6. The van der Waals surface area contributed by atoms with Crippen LogP contribution in [-0.4, -0.2) is 70.4 Å². The Morgan fingerprint density at radius 3 is 2.78 bits per heavy atom. The average Bonchev–Trinajstić information content (AvgIpc) is 3.73. The molecule has 0 bridgehead atoms. The second-order valence-corrected chi connectivity index (χ2v) is 10.3. The lowest BCUT2D eigenvalue weighted by molar-refractivity contribution is -0.122.